The number of likely N-dealkylation sites (tertiary alicyclic amines) is 1. The molecule has 1 N–H and O–H groups in total. The van der Waals surface area contributed by atoms with Crippen LogP contribution in [0.25, 0.3) is 5.65 Å². The molecule has 23 heavy (non-hydrogen) atoms. The number of carbonyl (C=O) groups excluding carboxylic acids is 1. The number of imidazole rings is 1. The number of rotatable bonds is 5. The zero-order valence-electron chi connectivity index (χ0n) is 13.8. The Morgan fingerprint density at radius 3 is 2.87 bits per heavy atom. The molecule has 1 saturated heterocycles. The van der Waals surface area contributed by atoms with Gasteiger partial charge in [-0.1, -0.05) is 6.07 Å². The lowest BCUT2D eigenvalue weighted by atomic mass is 10.1. The molecular weight excluding hydrogens is 308 g/mol. The van der Waals surface area contributed by atoms with Crippen molar-refractivity contribution < 1.29 is 4.79 Å². The summed E-state index contributed by atoms with van der Waals surface area (Å²) in [5.74, 6) is 1.57. The highest BCUT2D eigenvalue weighted by atomic mass is 32.2. The fourth-order valence-corrected chi connectivity index (χ4v) is 3.78. The first kappa shape index (κ1) is 16.3. The maximum Gasteiger partial charge on any atom is 0.232 e. The van der Waals surface area contributed by atoms with Crippen LogP contribution in [0.15, 0.2) is 24.5 Å². The van der Waals surface area contributed by atoms with Crippen molar-refractivity contribution in [2.45, 2.75) is 31.6 Å². The number of hydrogen-bond donors (Lipinski definition) is 1. The first-order valence-corrected chi connectivity index (χ1v) is 9.28. The molecule has 2 aromatic rings. The van der Waals surface area contributed by atoms with E-state index in [1.807, 2.05) is 18.0 Å². The molecule has 6 heteroatoms. The normalized spacial score (nSPS) is 16.2. The van der Waals surface area contributed by atoms with Crippen molar-refractivity contribution in [1.82, 2.24) is 19.6 Å². The van der Waals surface area contributed by atoms with Crippen LogP contribution in [0.5, 0.6) is 0 Å². The third kappa shape index (κ3) is 4.06. The molecule has 2 aromatic heterocycles. The zero-order chi connectivity index (χ0) is 16.2. The summed E-state index contributed by atoms with van der Waals surface area (Å²) >= 11 is 1.65. The topological polar surface area (TPSA) is 49.6 Å². The first-order valence-electron chi connectivity index (χ1n) is 8.13. The van der Waals surface area contributed by atoms with Crippen LogP contribution in [-0.2, 0) is 10.5 Å². The smallest absolute Gasteiger partial charge is 0.232 e. The Morgan fingerprint density at radius 1 is 1.35 bits per heavy atom. The Labute approximate surface area is 141 Å². The molecule has 5 nitrogen and oxygen atoms in total. The number of pyridine rings is 1. The van der Waals surface area contributed by atoms with Crippen LogP contribution < -0.4 is 5.32 Å². The number of nitrogens with zero attached hydrogens (tertiary/aromatic N) is 3. The van der Waals surface area contributed by atoms with E-state index in [0.717, 1.165) is 43.0 Å². The summed E-state index contributed by atoms with van der Waals surface area (Å²) in [5.41, 5.74) is 3.21. The van der Waals surface area contributed by atoms with Crippen LogP contribution in [0.3, 0.4) is 0 Å². The van der Waals surface area contributed by atoms with Gasteiger partial charge in [0.05, 0.1) is 11.4 Å². The molecule has 1 amide bonds. The van der Waals surface area contributed by atoms with Crippen molar-refractivity contribution in [2.24, 2.45) is 0 Å². The molecule has 3 rings (SSSR count). The van der Waals surface area contributed by atoms with Crippen molar-refractivity contribution >= 4 is 23.3 Å². The number of aromatic nitrogens is 2. The minimum absolute atomic E-state index is 0.254. The summed E-state index contributed by atoms with van der Waals surface area (Å²) in [6.45, 7) is 3.82. The van der Waals surface area contributed by atoms with Crippen molar-refractivity contribution in [3.05, 3.63) is 35.8 Å². The van der Waals surface area contributed by atoms with Crippen molar-refractivity contribution in [2.75, 3.05) is 25.9 Å². The second-order valence-corrected chi connectivity index (χ2v) is 7.13. The molecule has 0 aromatic carbocycles. The molecule has 0 spiro atoms. The van der Waals surface area contributed by atoms with Gasteiger partial charge in [0.1, 0.15) is 5.65 Å². The third-order valence-electron chi connectivity index (χ3n) is 4.38. The molecule has 1 fully saturated rings. The summed E-state index contributed by atoms with van der Waals surface area (Å²) < 4.78 is 2.05. The summed E-state index contributed by atoms with van der Waals surface area (Å²) in [7, 11) is 1.99. The van der Waals surface area contributed by atoms with E-state index in [9.17, 15) is 4.79 Å². The second-order valence-electron chi connectivity index (χ2n) is 6.14. The standard InChI is InChI=1S/C17H24N4OS/c1-13-3-4-16-19-15(10-21(16)9-13)11-23-12-17(22)20-7-5-14(18-2)6-8-20/h3-4,9-10,14,18H,5-8,11-12H2,1-2H3. The molecule has 0 radical (unpaired) electrons. The molecule has 0 saturated carbocycles. The van der Waals surface area contributed by atoms with Crippen molar-refractivity contribution in [3.8, 4) is 0 Å². The predicted molar refractivity (Wildman–Crippen MR) is 94.8 cm³/mol. The fraction of sp³-hybridized carbons (Fsp3) is 0.529. The number of carbonyl (C=O) groups is 1. The maximum atomic E-state index is 12.3. The summed E-state index contributed by atoms with van der Waals surface area (Å²) in [6.07, 6.45) is 6.24. The predicted octanol–water partition coefficient (Wildman–Crippen LogP) is 2.09. The van der Waals surface area contributed by atoms with Crippen LogP contribution in [0, 0.1) is 6.92 Å². The number of fused-ring (bicyclic) bond motifs is 1. The van der Waals surface area contributed by atoms with Gasteiger partial charge < -0.3 is 14.6 Å². The second kappa shape index (κ2) is 7.36. The quantitative estimate of drug-likeness (QED) is 0.911. The number of nitrogens with one attached hydrogen (secondary N) is 1. The van der Waals surface area contributed by atoms with E-state index in [2.05, 4.69) is 40.1 Å². The van der Waals surface area contributed by atoms with Gasteiger partial charge in [-0.25, -0.2) is 4.98 Å². The number of hydrogen-bond acceptors (Lipinski definition) is 4. The summed E-state index contributed by atoms with van der Waals surface area (Å²) in [5, 5.41) is 3.29. The summed E-state index contributed by atoms with van der Waals surface area (Å²) in [4.78, 5) is 18.8. The van der Waals surface area contributed by atoms with Crippen LogP contribution in [0.1, 0.15) is 24.1 Å². The van der Waals surface area contributed by atoms with Crippen molar-refractivity contribution in [3.63, 3.8) is 0 Å². The average Bonchev–Trinajstić information content (AvgIpc) is 2.96. The minimum atomic E-state index is 0.254. The Bertz CT molecular complexity index is 676. The molecule has 124 valence electrons. The lowest BCUT2D eigenvalue weighted by Crippen LogP contribution is -2.44. The van der Waals surface area contributed by atoms with E-state index in [1.165, 1.54) is 5.56 Å². The largest absolute Gasteiger partial charge is 0.342 e. The molecule has 0 atom stereocenters. The monoisotopic (exact) mass is 332 g/mol. The minimum Gasteiger partial charge on any atom is -0.342 e. The van der Waals surface area contributed by atoms with E-state index in [4.69, 9.17) is 0 Å². The Morgan fingerprint density at radius 2 is 2.13 bits per heavy atom. The van der Waals surface area contributed by atoms with E-state index >= 15 is 0 Å². The number of piperidine rings is 1. The highest BCUT2D eigenvalue weighted by Gasteiger charge is 2.21. The van der Waals surface area contributed by atoms with Gasteiger partial charge in [0.15, 0.2) is 0 Å². The van der Waals surface area contributed by atoms with Gasteiger partial charge in [-0.15, -0.1) is 11.8 Å². The van der Waals surface area contributed by atoms with E-state index < -0.39 is 0 Å². The van der Waals surface area contributed by atoms with Gasteiger partial charge in [-0.3, -0.25) is 4.79 Å². The molecule has 0 aliphatic carbocycles. The average molecular weight is 332 g/mol. The van der Waals surface area contributed by atoms with Crippen LogP contribution in [0.4, 0.5) is 0 Å². The number of aryl methyl sites for hydroxylation is 1. The van der Waals surface area contributed by atoms with Crippen LogP contribution in [-0.4, -0.2) is 52.1 Å². The lowest BCUT2D eigenvalue weighted by molar-refractivity contribution is -0.129. The van der Waals surface area contributed by atoms with Crippen LogP contribution in [0.2, 0.25) is 0 Å². The third-order valence-corrected chi connectivity index (χ3v) is 5.33. The van der Waals surface area contributed by atoms with Gasteiger partial charge in [0.2, 0.25) is 5.91 Å². The molecule has 0 bridgehead atoms. The lowest BCUT2D eigenvalue weighted by Gasteiger charge is -2.31. The SMILES string of the molecule is CNC1CCN(C(=O)CSCc2cn3cc(C)ccc3n2)CC1. The number of thioether (sulfide) groups is 1. The molecule has 0 unspecified atom stereocenters. The first-order chi connectivity index (χ1) is 11.2. The Kier molecular flexibility index (Phi) is 5.23. The van der Waals surface area contributed by atoms with Crippen LogP contribution >= 0.6 is 11.8 Å². The van der Waals surface area contributed by atoms with Gasteiger partial charge >= 0.3 is 0 Å². The molecule has 1 aliphatic rings. The maximum absolute atomic E-state index is 12.3. The Balaban J connectivity index is 1.47. The fourth-order valence-electron chi connectivity index (χ4n) is 2.98. The van der Waals surface area contributed by atoms with Gasteiger partial charge in [-0.05, 0) is 38.4 Å². The highest BCUT2D eigenvalue weighted by molar-refractivity contribution is 7.99. The van der Waals surface area contributed by atoms with E-state index in [1.54, 1.807) is 11.8 Å². The molecule has 1 aliphatic heterocycles. The molecule has 3 heterocycles. The van der Waals surface area contributed by atoms with Crippen molar-refractivity contribution in [1.29, 1.82) is 0 Å². The van der Waals surface area contributed by atoms with E-state index in [-0.39, 0.29) is 5.91 Å². The van der Waals surface area contributed by atoms with Gasteiger partial charge in [0, 0.05) is 37.3 Å². The van der Waals surface area contributed by atoms with Gasteiger partial charge in [-0.2, -0.15) is 0 Å². The zero-order valence-corrected chi connectivity index (χ0v) is 14.6. The number of amides is 1. The van der Waals surface area contributed by atoms with E-state index in [0.29, 0.717) is 11.8 Å². The Hall–Kier alpha value is -1.53. The molecular formula is C17H24N4OS. The van der Waals surface area contributed by atoms with Gasteiger partial charge in [0.25, 0.3) is 0 Å². The highest BCUT2D eigenvalue weighted by Crippen LogP contribution is 2.16. The summed E-state index contributed by atoms with van der Waals surface area (Å²) in [6, 6.07) is 4.66.